The summed E-state index contributed by atoms with van der Waals surface area (Å²) in [4.78, 5) is 12.4. The Labute approximate surface area is 168 Å². The van der Waals surface area contributed by atoms with Crippen molar-refractivity contribution in [1.82, 2.24) is 5.43 Å². The first-order chi connectivity index (χ1) is 12.6. The quantitative estimate of drug-likeness (QED) is 0.539. The first-order valence-corrected chi connectivity index (χ1v) is 10.9. The number of sulfonamides is 1. The van der Waals surface area contributed by atoms with Gasteiger partial charge in [0.2, 0.25) is 10.0 Å². The molecule has 2 aromatic rings. The maximum Gasteiger partial charge on any atom is 0.260 e. The number of carbonyl (C=O) groups excluding carboxylic acids is 1. The lowest BCUT2D eigenvalue weighted by molar-refractivity contribution is -0.119. The summed E-state index contributed by atoms with van der Waals surface area (Å²) in [6.07, 6.45) is 1.09. The second kappa shape index (κ2) is 8.67. The van der Waals surface area contributed by atoms with Crippen LogP contribution < -0.4 is 9.73 Å². The summed E-state index contributed by atoms with van der Waals surface area (Å²) in [6.45, 7) is 5.05. The molecular weight excluding hydrogens is 430 g/mol. The highest BCUT2D eigenvalue weighted by atomic mass is 79.9. The number of benzene rings is 2. The number of halogens is 1. The van der Waals surface area contributed by atoms with Gasteiger partial charge in [0.05, 0.1) is 17.7 Å². The molecule has 2 rings (SSSR count). The first-order valence-electron chi connectivity index (χ1n) is 8.22. The Morgan fingerprint density at radius 1 is 1.11 bits per heavy atom. The molecule has 0 aliphatic rings. The number of anilines is 1. The van der Waals surface area contributed by atoms with Crippen molar-refractivity contribution >= 4 is 43.3 Å². The fourth-order valence-electron chi connectivity index (χ4n) is 2.63. The molecule has 1 amide bonds. The van der Waals surface area contributed by atoms with Crippen molar-refractivity contribution in [2.75, 3.05) is 17.1 Å². The number of hydrazone groups is 1. The van der Waals surface area contributed by atoms with Gasteiger partial charge in [-0.25, -0.2) is 13.8 Å². The van der Waals surface area contributed by atoms with E-state index < -0.39 is 15.9 Å². The minimum atomic E-state index is -3.63. The number of amides is 1. The van der Waals surface area contributed by atoms with Crippen molar-refractivity contribution in [3.63, 3.8) is 0 Å². The molecule has 144 valence electrons. The van der Waals surface area contributed by atoms with E-state index in [0.29, 0.717) is 11.4 Å². The highest BCUT2D eigenvalue weighted by Gasteiger charge is 2.23. The molecule has 0 radical (unpaired) electrons. The van der Waals surface area contributed by atoms with Crippen LogP contribution >= 0.6 is 15.9 Å². The molecule has 6 nitrogen and oxygen atoms in total. The van der Waals surface area contributed by atoms with Crippen molar-refractivity contribution in [2.24, 2.45) is 5.10 Å². The summed E-state index contributed by atoms with van der Waals surface area (Å²) in [7, 11) is -3.63. The number of rotatable bonds is 6. The third kappa shape index (κ3) is 5.64. The largest absolute Gasteiger partial charge is 0.271 e. The van der Waals surface area contributed by atoms with Gasteiger partial charge < -0.3 is 0 Å². The topological polar surface area (TPSA) is 78.8 Å². The van der Waals surface area contributed by atoms with Crippen LogP contribution in [0.15, 0.2) is 52.0 Å². The van der Waals surface area contributed by atoms with E-state index in [1.807, 2.05) is 56.3 Å². The molecule has 0 aliphatic carbocycles. The molecular formula is C19H22BrN3O3S. The summed E-state index contributed by atoms with van der Waals surface area (Å²) in [5.74, 6) is -0.514. The zero-order chi connectivity index (χ0) is 20.2. The molecule has 0 saturated heterocycles. The number of para-hydroxylation sites is 1. The van der Waals surface area contributed by atoms with Crippen molar-refractivity contribution in [2.45, 2.75) is 20.8 Å². The van der Waals surface area contributed by atoms with Gasteiger partial charge in [-0.2, -0.15) is 5.10 Å². The Balaban J connectivity index is 2.20. The molecule has 0 atom stereocenters. The molecule has 0 aliphatic heterocycles. The van der Waals surface area contributed by atoms with Crippen molar-refractivity contribution < 1.29 is 13.2 Å². The maximum atomic E-state index is 12.4. The van der Waals surface area contributed by atoms with Gasteiger partial charge in [-0.1, -0.05) is 46.3 Å². The van der Waals surface area contributed by atoms with E-state index in [4.69, 9.17) is 0 Å². The fraction of sp³-hybridized carbons (Fsp3) is 0.263. The second-order valence-corrected chi connectivity index (χ2v) is 9.07. The highest BCUT2D eigenvalue weighted by Crippen LogP contribution is 2.26. The number of carbonyl (C=O) groups is 1. The summed E-state index contributed by atoms with van der Waals surface area (Å²) < 4.78 is 26.6. The highest BCUT2D eigenvalue weighted by molar-refractivity contribution is 9.10. The number of nitrogens with zero attached hydrogens (tertiary/aromatic N) is 2. The molecule has 1 N–H and O–H groups in total. The van der Waals surface area contributed by atoms with E-state index in [9.17, 15) is 13.2 Å². The first kappa shape index (κ1) is 21.1. The Bertz CT molecular complexity index is 950. The van der Waals surface area contributed by atoms with Crippen molar-refractivity contribution in [3.05, 3.63) is 63.6 Å². The van der Waals surface area contributed by atoms with Crippen LogP contribution in [0.5, 0.6) is 0 Å². The van der Waals surface area contributed by atoms with Crippen LogP contribution in [0.2, 0.25) is 0 Å². The van der Waals surface area contributed by atoms with E-state index in [-0.39, 0.29) is 6.54 Å². The summed E-state index contributed by atoms with van der Waals surface area (Å²) in [6, 6.07) is 13.0. The number of aryl methyl sites for hydroxylation is 2. The fourth-order valence-corrected chi connectivity index (χ4v) is 3.86. The lowest BCUT2D eigenvalue weighted by atomic mass is 10.1. The molecule has 0 bridgehead atoms. The van der Waals surface area contributed by atoms with Crippen molar-refractivity contribution in [1.29, 1.82) is 0 Å². The van der Waals surface area contributed by atoms with Gasteiger partial charge in [0.25, 0.3) is 5.91 Å². The van der Waals surface area contributed by atoms with Gasteiger partial charge in [0, 0.05) is 4.47 Å². The summed E-state index contributed by atoms with van der Waals surface area (Å²) in [5.41, 5.74) is 5.99. The van der Waals surface area contributed by atoms with Crippen molar-refractivity contribution in [3.8, 4) is 0 Å². The van der Waals surface area contributed by atoms with E-state index in [1.165, 1.54) is 0 Å². The molecule has 2 aromatic carbocycles. The lowest BCUT2D eigenvalue weighted by Gasteiger charge is -2.25. The SMILES string of the molecule is C/C(=N/NC(=O)CN(c1c(C)cccc1C)S(C)(=O)=O)c1ccc(Br)cc1. The van der Waals surface area contributed by atoms with E-state index in [2.05, 4.69) is 26.5 Å². The predicted molar refractivity (Wildman–Crippen MR) is 113 cm³/mol. The Morgan fingerprint density at radius 3 is 2.19 bits per heavy atom. The normalized spacial score (nSPS) is 12.0. The van der Waals surface area contributed by atoms with Crippen LogP contribution in [-0.2, 0) is 14.8 Å². The zero-order valence-electron chi connectivity index (χ0n) is 15.7. The summed E-state index contributed by atoms with van der Waals surface area (Å²) >= 11 is 3.36. The Hall–Kier alpha value is -2.19. The Kier molecular flexibility index (Phi) is 6.78. The molecule has 0 fully saturated rings. The maximum absolute atomic E-state index is 12.4. The third-order valence-electron chi connectivity index (χ3n) is 3.99. The summed E-state index contributed by atoms with van der Waals surface area (Å²) in [5, 5.41) is 4.08. The minimum absolute atomic E-state index is 0.346. The average molecular weight is 452 g/mol. The molecule has 0 saturated carbocycles. The molecule has 0 heterocycles. The van der Waals surface area contributed by atoms with Gasteiger partial charge in [-0.15, -0.1) is 0 Å². The van der Waals surface area contributed by atoms with E-state index in [0.717, 1.165) is 31.7 Å². The number of hydrogen-bond acceptors (Lipinski definition) is 4. The molecule has 27 heavy (non-hydrogen) atoms. The second-order valence-electron chi connectivity index (χ2n) is 6.25. The van der Waals surface area contributed by atoms with Crippen LogP contribution in [0.4, 0.5) is 5.69 Å². The average Bonchev–Trinajstić information content (AvgIpc) is 2.58. The number of nitrogens with one attached hydrogen (secondary N) is 1. The number of hydrogen-bond donors (Lipinski definition) is 1. The van der Waals surface area contributed by atoms with Gasteiger partial charge in [0.1, 0.15) is 6.54 Å². The monoisotopic (exact) mass is 451 g/mol. The van der Waals surface area contributed by atoms with Gasteiger partial charge in [0.15, 0.2) is 0 Å². The van der Waals surface area contributed by atoms with Gasteiger partial charge >= 0.3 is 0 Å². The van der Waals surface area contributed by atoms with Crippen LogP contribution in [0.3, 0.4) is 0 Å². The smallest absolute Gasteiger partial charge is 0.260 e. The molecule has 0 spiro atoms. The molecule has 0 aromatic heterocycles. The predicted octanol–water partition coefficient (Wildman–Crippen LogP) is 3.37. The van der Waals surface area contributed by atoms with Gasteiger partial charge in [-0.3, -0.25) is 9.10 Å². The van der Waals surface area contributed by atoms with E-state index >= 15 is 0 Å². The zero-order valence-corrected chi connectivity index (χ0v) is 18.1. The van der Waals surface area contributed by atoms with Crippen LogP contribution in [0, 0.1) is 13.8 Å². The Morgan fingerprint density at radius 2 is 1.67 bits per heavy atom. The molecule has 0 unspecified atom stereocenters. The van der Waals surface area contributed by atoms with Crippen LogP contribution in [0.25, 0.3) is 0 Å². The third-order valence-corrected chi connectivity index (χ3v) is 5.63. The van der Waals surface area contributed by atoms with Crippen LogP contribution in [-0.4, -0.2) is 32.8 Å². The lowest BCUT2D eigenvalue weighted by Crippen LogP contribution is -2.40. The van der Waals surface area contributed by atoms with Crippen LogP contribution in [0.1, 0.15) is 23.6 Å². The standard InChI is InChI=1S/C19H22BrN3O3S/c1-13-6-5-7-14(2)19(13)23(27(4,25)26)12-18(24)22-21-15(3)16-8-10-17(20)11-9-16/h5-11H,12H2,1-4H3,(H,22,24)/b21-15-. The van der Waals surface area contributed by atoms with E-state index in [1.54, 1.807) is 6.92 Å². The minimum Gasteiger partial charge on any atom is -0.271 e. The molecule has 8 heteroatoms. The van der Waals surface area contributed by atoms with Gasteiger partial charge in [-0.05, 0) is 49.6 Å².